The Morgan fingerprint density at radius 3 is 2.95 bits per heavy atom. The van der Waals surface area contributed by atoms with Crippen molar-refractivity contribution < 1.29 is 4.74 Å². The number of benzene rings is 1. The summed E-state index contributed by atoms with van der Waals surface area (Å²) in [6.07, 6.45) is 5.14. The molecule has 0 spiro atoms. The lowest BCUT2D eigenvalue weighted by molar-refractivity contribution is 0.153. The fourth-order valence-electron chi connectivity index (χ4n) is 2.78. The number of likely N-dealkylation sites (tertiary alicyclic amines) is 1. The summed E-state index contributed by atoms with van der Waals surface area (Å²) in [6.45, 7) is 4.13. The maximum absolute atomic E-state index is 5.94. The molecule has 106 valence electrons. The van der Waals surface area contributed by atoms with E-state index < -0.39 is 0 Å². The summed E-state index contributed by atoms with van der Waals surface area (Å²) < 4.78 is 5.94. The molecule has 1 aromatic carbocycles. The number of nitrogens with one attached hydrogen (secondary N) is 1. The molecule has 1 aromatic rings. The van der Waals surface area contributed by atoms with Crippen molar-refractivity contribution >= 4 is 5.69 Å². The molecular weight excluding hydrogens is 236 g/mol. The molecule has 19 heavy (non-hydrogen) atoms. The molecule has 1 unspecified atom stereocenters. The smallest absolute Gasteiger partial charge is 0.142 e. The van der Waals surface area contributed by atoms with Gasteiger partial charge in [-0.3, -0.25) is 0 Å². The number of rotatable bonds is 5. The highest BCUT2D eigenvalue weighted by molar-refractivity contribution is 5.57. The van der Waals surface area contributed by atoms with Gasteiger partial charge in [0.1, 0.15) is 5.75 Å². The fourth-order valence-corrected chi connectivity index (χ4v) is 2.78. The second-order valence-corrected chi connectivity index (χ2v) is 5.52. The number of aryl methyl sites for hydroxylation is 1. The van der Waals surface area contributed by atoms with Crippen molar-refractivity contribution in [3.8, 4) is 5.75 Å². The molecule has 3 heteroatoms. The highest BCUT2D eigenvalue weighted by Gasteiger charge is 2.18. The van der Waals surface area contributed by atoms with E-state index >= 15 is 0 Å². The van der Waals surface area contributed by atoms with Gasteiger partial charge in [-0.1, -0.05) is 12.5 Å². The second kappa shape index (κ2) is 6.80. The van der Waals surface area contributed by atoms with E-state index in [1.165, 1.54) is 31.4 Å². The summed E-state index contributed by atoms with van der Waals surface area (Å²) in [7, 11) is 4.17. The zero-order chi connectivity index (χ0) is 13.7. The molecule has 0 aliphatic carbocycles. The number of ether oxygens (including phenoxy) is 1. The minimum atomic E-state index is 0.692. The zero-order valence-corrected chi connectivity index (χ0v) is 12.4. The van der Waals surface area contributed by atoms with Crippen molar-refractivity contribution in [2.75, 3.05) is 32.6 Å². The van der Waals surface area contributed by atoms with Gasteiger partial charge in [-0.2, -0.15) is 0 Å². The van der Waals surface area contributed by atoms with Crippen LogP contribution in [-0.2, 0) is 0 Å². The van der Waals surface area contributed by atoms with Crippen molar-refractivity contribution in [3.05, 3.63) is 23.8 Å². The van der Waals surface area contributed by atoms with E-state index in [0.717, 1.165) is 24.5 Å². The van der Waals surface area contributed by atoms with E-state index in [2.05, 4.69) is 42.4 Å². The highest BCUT2D eigenvalue weighted by atomic mass is 16.5. The van der Waals surface area contributed by atoms with Crippen molar-refractivity contribution in [1.82, 2.24) is 4.90 Å². The molecule has 1 aliphatic rings. The van der Waals surface area contributed by atoms with Crippen molar-refractivity contribution in [2.45, 2.75) is 38.6 Å². The predicted molar refractivity (Wildman–Crippen MR) is 81.1 cm³/mol. The Morgan fingerprint density at radius 1 is 1.37 bits per heavy atom. The third-order valence-electron chi connectivity index (χ3n) is 4.03. The number of anilines is 1. The molecule has 1 heterocycles. The molecule has 1 saturated heterocycles. The molecular formula is C16H26N2O. The Labute approximate surface area is 116 Å². The Morgan fingerprint density at radius 2 is 2.21 bits per heavy atom. The average Bonchev–Trinajstić information content (AvgIpc) is 2.42. The molecule has 0 saturated carbocycles. The zero-order valence-electron chi connectivity index (χ0n) is 12.4. The first-order valence-electron chi connectivity index (χ1n) is 7.32. The van der Waals surface area contributed by atoms with Crippen LogP contribution < -0.4 is 10.1 Å². The molecule has 0 aromatic heterocycles. The first kappa shape index (κ1) is 14.2. The van der Waals surface area contributed by atoms with Gasteiger partial charge in [0, 0.05) is 13.1 Å². The third-order valence-corrected chi connectivity index (χ3v) is 4.03. The van der Waals surface area contributed by atoms with Crippen LogP contribution in [0.2, 0.25) is 0 Å². The van der Waals surface area contributed by atoms with Crippen LogP contribution in [0.4, 0.5) is 5.69 Å². The van der Waals surface area contributed by atoms with E-state index in [-0.39, 0.29) is 0 Å². The fraction of sp³-hybridized carbons (Fsp3) is 0.625. The number of nitrogens with zero attached hydrogens (tertiary/aromatic N) is 1. The van der Waals surface area contributed by atoms with Crippen LogP contribution in [0.5, 0.6) is 5.75 Å². The van der Waals surface area contributed by atoms with Gasteiger partial charge in [-0.05, 0) is 57.5 Å². The lowest BCUT2D eigenvalue weighted by Crippen LogP contribution is -2.37. The minimum Gasteiger partial charge on any atom is -0.491 e. The molecule has 0 bridgehead atoms. The summed E-state index contributed by atoms with van der Waals surface area (Å²) in [4.78, 5) is 2.47. The Hall–Kier alpha value is -1.22. The van der Waals surface area contributed by atoms with Gasteiger partial charge in [0.2, 0.25) is 0 Å². The van der Waals surface area contributed by atoms with E-state index in [4.69, 9.17) is 4.74 Å². The SMILES string of the molecule is CNc1cc(C)ccc1OCCC1CCCCN1C. The van der Waals surface area contributed by atoms with Crippen molar-refractivity contribution in [2.24, 2.45) is 0 Å². The first-order chi connectivity index (χ1) is 9.20. The quantitative estimate of drug-likeness (QED) is 0.881. The van der Waals surface area contributed by atoms with Crippen LogP contribution in [0, 0.1) is 6.92 Å². The van der Waals surface area contributed by atoms with Gasteiger partial charge in [-0.25, -0.2) is 0 Å². The number of piperidine rings is 1. The van der Waals surface area contributed by atoms with E-state index in [1.54, 1.807) is 0 Å². The van der Waals surface area contributed by atoms with Crippen molar-refractivity contribution in [3.63, 3.8) is 0 Å². The lowest BCUT2D eigenvalue weighted by Gasteiger charge is -2.32. The average molecular weight is 262 g/mol. The van der Waals surface area contributed by atoms with Crippen LogP contribution in [0.25, 0.3) is 0 Å². The van der Waals surface area contributed by atoms with Gasteiger partial charge < -0.3 is 15.0 Å². The van der Waals surface area contributed by atoms with Crippen LogP contribution >= 0.6 is 0 Å². The van der Waals surface area contributed by atoms with Gasteiger partial charge >= 0.3 is 0 Å². The minimum absolute atomic E-state index is 0.692. The summed E-state index contributed by atoms with van der Waals surface area (Å²) >= 11 is 0. The van der Waals surface area contributed by atoms with Crippen molar-refractivity contribution in [1.29, 1.82) is 0 Å². The molecule has 1 aliphatic heterocycles. The predicted octanol–water partition coefficient (Wildman–Crippen LogP) is 3.29. The topological polar surface area (TPSA) is 24.5 Å². The summed E-state index contributed by atoms with van der Waals surface area (Å²) in [6, 6.07) is 6.98. The van der Waals surface area contributed by atoms with Crippen LogP contribution in [-0.4, -0.2) is 38.2 Å². The molecule has 2 rings (SSSR count). The van der Waals surface area contributed by atoms with Gasteiger partial charge in [-0.15, -0.1) is 0 Å². The molecule has 0 radical (unpaired) electrons. The molecule has 1 atom stereocenters. The number of hydrogen-bond donors (Lipinski definition) is 1. The van der Waals surface area contributed by atoms with E-state index in [1.807, 2.05) is 7.05 Å². The summed E-state index contributed by atoms with van der Waals surface area (Å²) in [5.74, 6) is 0.964. The largest absolute Gasteiger partial charge is 0.491 e. The van der Waals surface area contributed by atoms with E-state index in [9.17, 15) is 0 Å². The maximum Gasteiger partial charge on any atom is 0.142 e. The molecule has 0 amide bonds. The lowest BCUT2D eigenvalue weighted by atomic mass is 10.0. The monoisotopic (exact) mass is 262 g/mol. The standard InChI is InChI=1S/C16H26N2O/c1-13-7-8-16(15(12-13)17-2)19-11-9-14-6-4-5-10-18(14)3/h7-8,12,14,17H,4-6,9-11H2,1-3H3. The summed E-state index contributed by atoms with van der Waals surface area (Å²) in [5, 5.41) is 3.20. The molecule has 1 N–H and O–H groups in total. The van der Waals surface area contributed by atoms with E-state index in [0.29, 0.717) is 6.04 Å². The van der Waals surface area contributed by atoms with Gasteiger partial charge in [0.25, 0.3) is 0 Å². The Balaban J connectivity index is 1.85. The first-order valence-corrected chi connectivity index (χ1v) is 7.32. The normalized spacial score (nSPS) is 20.3. The van der Waals surface area contributed by atoms with Crippen LogP contribution in [0.3, 0.4) is 0 Å². The molecule has 3 nitrogen and oxygen atoms in total. The van der Waals surface area contributed by atoms with Gasteiger partial charge in [0.15, 0.2) is 0 Å². The third kappa shape index (κ3) is 3.87. The number of hydrogen-bond acceptors (Lipinski definition) is 3. The highest BCUT2D eigenvalue weighted by Crippen LogP contribution is 2.26. The van der Waals surface area contributed by atoms with Crippen LogP contribution in [0.15, 0.2) is 18.2 Å². The Kier molecular flexibility index (Phi) is 5.08. The second-order valence-electron chi connectivity index (χ2n) is 5.52. The Bertz CT molecular complexity index is 406. The van der Waals surface area contributed by atoms with Crippen LogP contribution in [0.1, 0.15) is 31.2 Å². The van der Waals surface area contributed by atoms with Gasteiger partial charge in [0.05, 0.1) is 12.3 Å². The maximum atomic E-state index is 5.94. The summed E-state index contributed by atoms with van der Waals surface area (Å²) in [5.41, 5.74) is 2.33. The molecule has 1 fully saturated rings.